The third-order valence-corrected chi connectivity index (χ3v) is 2.53. The van der Waals surface area contributed by atoms with E-state index in [9.17, 15) is 13.2 Å². The lowest BCUT2D eigenvalue weighted by molar-refractivity contribution is -0.146. The molecule has 0 radical (unpaired) electrons. The molecule has 0 aliphatic rings. The van der Waals surface area contributed by atoms with Gasteiger partial charge in [-0.3, -0.25) is 0 Å². The van der Waals surface area contributed by atoms with Crippen LogP contribution in [0.15, 0.2) is 0 Å². The first-order chi connectivity index (χ1) is 6.74. The number of aliphatic hydroxyl groups is 1. The van der Waals surface area contributed by atoms with E-state index in [1.165, 1.54) is 0 Å². The third kappa shape index (κ3) is 7.25. The number of rotatable bonds is 7. The number of aliphatic hydroxyl groups excluding tert-OH is 1. The van der Waals surface area contributed by atoms with Crippen molar-refractivity contribution in [1.29, 1.82) is 0 Å². The number of carboxylic acids is 1. The number of carboxylic acid groups (broad SMARTS) is 1. The zero-order chi connectivity index (χ0) is 12.1. The SMILES string of the molecule is CC(C)CNS(=O)(=O)NCC(O)C(=O)O. The first-order valence-electron chi connectivity index (χ1n) is 4.39. The summed E-state index contributed by atoms with van der Waals surface area (Å²) in [5.41, 5.74) is 0. The number of carbonyl (C=O) groups is 1. The van der Waals surface area contributed by atoms with Crippen molar-refractivity contribution in [3.05, 3.63) is 0 Å². The van der Waals surface area contributed by atoms with Crippen LogP contribution in [0.5, 0.6) is 0 Å². The summed E-state index contributed by atoms with van der Waals surface area (Å²) < 4.78 is 26.4. The molecule has 8 heteroatoms. The molecule has 0 amide bonds. The minimum atomic E-state index is -3.73. The van der Waals surface area contributed by atoms with Gasteiger partial charge in [-0.1, -0.05) is 13.8 Å². The predicted molar refractivity (Wildman–Crippen MR) is 53.4 cm³/mol. The highest BCUT2D eigenvalue weighted by Crippen LogP contribution is 1.89. The number of nitrogens with one attached hydrogen (secondary N) is 2. The molecule has 0 aromatic rings. The van der Waals surface area contributed by atoms with Crippen molar-refractivity contribution in [2.75, 3.05) is 13.1 Å². The fraction of sp³-hybridized carbons (Fsp3) is 0.857. The molecule has 0 aliphatic carbocycles. The summed E-state index contributed by atoms with van der Waals surface area (Å²) in [6.45, 7) is 3.35. The van der Waals surface area contributed by atoms with E-state index in [-0.39, 0.29) is 12.5 Å². The van der Waals surface area contributed by atoms with Gasteiger partial charge in [0.25, 0.3) is 10.2 Å². The monoisotopic (exact) mass is 240 g/mol. The Morgan fingerprint density at radius 3 is 2.13 bits per heavy atom. The van der Waals surface area contributed by atoms with Crippen molar-refractivity contribution in [3.8, 4) is 0 Å². The van der Waals surface area contributed by atoms with Crippen molar-refractivity contribution < 1.29 is 23.4 Å². The Kier molecular flexibility index (Phi) is 5.73. The highest BCUT2D eigenvalue weighted by atomic mass is 32.2. The summed E-state index contributed by atoms with van der Waals surface area (Å²) >= 11 is 0. The Balaban J connectivity index is 4.00. The van der Waals surface area contributed by atoms with Crippen LogP contribution in [0.1, 0.15) is 13.8 Å². The van der Waals surface area contributed by atoms with Crippen LogP contribution >= 0.6 is 0 Å². The van der Waals surface area contributed by atoms with Gasteiger partial charge in [-0.05, 0) is 5.92 Å². The molecule has 0 rings (SSSR count). The lowest BCUT2D eigenvalue weighted by Crippen LogP contribution is -2.43. The molecule has 0 saturated carbocycles. The molecular weight excluding hydrogens is 224 g/mol. The lowest BCUT2D eigenvalue weighted by atomic mass is 10.2. The van der Waals surface area contributed by atoms with Gasteiger partial charge in [0.05, 0.1) is 0 Å². The summed E-state index contributed by atoms with van der Waals surface area (Å²) in [5, 5.41) is 17.1. The van der Waals surface area contributed by atoms with E-state index in [2.05, 4.69) is 4.72 Å². The van der Waals surface area contributed by atoms with Gasteiger partial charge in [0, 0.05) is 13.1 Å². The van der Waals surface area contributed by atoms with Crippen LogP contribution < -0.4 is 9.44 Å². The second kappa shape index (κ2) is 6.01. The quantitative estimate of drug-likeness (QED) is 0.433. The van der Waals surface area contributed by atoms with E-state index >= 15 is 0 Å². The van der Waals surface area contributed by atoms with Gasteiger partial charge in [-0.25, -0.2) is 9.52 Å². The Hall–Kier alpha value is -0.700. The Labute approximate surface area is 88.7 Å². The molecule has 4 N–H and O–H groups in total. The fourth-order valence-corrected chi connectivity index (χ4v) is 1.64. The molecule has 15 heavy (non-hydrogen) atoms. The van der Waals surface area contributed by atoms with E-state index in [0.717, 1.165) is 0 Å². The molecule has 0 aliphatic heterocycles. The van der Waals surface area contributed by atoms with Crippen molar-refractivity contribution in [2.24, 2.45) is 5.92 Å². The molecular formula is C7H16N2O5S. The molecule has 0 bridgehead atoms. The summed E-state index contributed by atoms with van der Waals surface area (Å²) in [5.74, 6) is -1.33. The van der Waals surface area contributed by atoms with Crippen LogP contribution in [0, 0.1) is 5.92 Å². The third-order valence-electron chi connectivity index (χ3n) is 1.43. The largest absolute Gasteiger partial charge is 0.479 e. The number of hydrogen-bond donors (Lipinski definition) is 4. The molecule has 0 saturated heterocycles. The van der Waals surface area contributed by atoms with Crippen LogP contribution in [-0.4, -0.2) is 43.8 Å². The topological polar surface area (TPSA) is 116 Å². The fourth-order valence-electron chi connectivity index (χ4n) is 0.603. The lowest BCUT2D eigenvalue weighted by Gasteiger charge is -2.11. The van der Waals surface area contributed by atoms with Crippen molar-refractivity contribution in [2.45, 2.75) is 20.0 Å². The van der Waals surface area contributed by atoms with E-state index in [1.54, 1.807) is 0 Å². The van der Waals surface area contributed by atoms with Gasteiger partial charge in [0.2, 0.25) is 0 Å². The predicted octanol–water partition coefficient (Wildman–Crippen LogP) is -1.49. The second-order valence-corrected chi connectivity index (χ2v) is 5.03. The van der Waals surface area contributed by atoms with Crippen molar-refractivity contribution in [3.63, 3.8) is 0 Å². The van der Waals surface area contributed by atoms with Gasteiger partial charge >= 0.3 is 5.97 Å². The van der Waals surface area contributed by atoms with Gasteiger partial charge in [-0.15, -0.1) is 0 Å². The average Bonchev–Trinajstić information content (AvgIpc) is 2.11. The maximum absolute atomic E-state index is 11.1. The van der Waals surface area contributed by atoms with E-state index in [4.69, 9.17) is 10.2 Å². The van der Waals surface area contributed by atoms with Crippen LogP contribution in [0.4, 0.5) is 0 Å². The van der Waals surface area contributed by atoms with Crippen LogP contribution in [0.3, 0.4) is 0 Å². The van der Waals surface area contributed by atoms with Gasteiger partial charge in [-0.2, -0.15) is 13.1 Å². The molecule has 0 fully saturated rings. The number of aliphatic carboxylic acids is 1. The Morgan fingerprint density at radius 1 is 1.27 bits per heavy atom. The molecule has 90 valence electrons. The molecule has 1 atom stereocenters. The minimum Gasteiger partial charge on any atom is -0.479 e. The zero-order valence-corrected chi connectivity index (χ0v) is 9.41. The van der Waals surface area contributed by atoms with Crippen molar-refractivity contribution in [1.82, 2.24) is 9.44 Å². The van der Waals surface area contributed by atoms with E-state index < -0.39 is 28.8 Å². The first-order valence-corrected chi connectivity index (χ1v) is 5.88. The highest BCUT2D eigenvalue weighted by molar-refractivity contribution is 7.87. The van der Waals surface area contributed by atoms with Gasteiger partial charge in [0.1, 0.15) is 0 Å². The number of hydrogen-bond acceptors (Lipinski definition) is 4. The normalized spacial score (nSPS) is 14.1. The van der Waals surface area contributed by atoms with E-state index in [0.29, 0.717) is 0 Å². The summed E-state index contributed by atoms with van der Waals surface area (Å²) in [6.07, 6.45) is -1.74. The molecule has 0 spiro atoms. The maximum atomic E-state index is 11.1. The minimum absolute atomic E-state index is 0.144. The zero-order valence-electron chi connectivity index (χ0n) is 8.60. The molecule has 0 aromatic carbocycles. The van der Waals surface area contributed by atoms with Crippen LogP contribution in [0.25, 0.3) is 0 Å². The molecule has 1 unspecified atom stereocenters. The van der Waals surface area contributed by atoms with E-state index in [1.807, 2.05) is 18.6 Å². The summed E-state index contributed by atoms with van der Waals surface area (Å²) in [6, 6.07) is 0. The van der Waals surface area contributed by atoms with Gasteiger partial charge < -0.3 is 10.2 Å². The summed E-state index contributed by atoms with van der Waals surface area (Å²) in [7, 11) is -3.73. The highest BCUT2D eigenvalue weighted by Gasteiger charge is 2.17. The average molecular weight is 240 g/mol. The maximum Gasteiger partial charge on any atom is 0.333 e. The van der Waals surface area contributed by atoms with Crippen molar-refractivity contribution >= 4 is 16.2 Å². The summed E-state index contributed by atoms with van der Waals surface area (Å²) in [4.78, 5) is 10.2. The standard InChI is InChI=1S/C7H16N2O5S/c1-5(2)3-8-15(13,14)9-4-6(10)7(11)12/h5-6,8-10H,3-4H2,1-2H3,(H,11,12). The Morgan fingerprint density at radius 2 is 1.73 bits per heavy atom. The molecule has 0 heterocycles. The first kappa shape index (κ1) is 14.3. The smallest absolute Gasteiger partial charge is 0.333 e. The van der Waals surface area contributed by atoms with Gasteiger partial charge in [0.15, 0.2) is 6.10 Å². The second-order valence-electron chi connectivity index (χ2n) is 3.45. The van der Waals surface area contributed by atoms with Crippen LogP contribution in [0.2, 0.25) is 0 Å². The molecule has 0 aromatic heterocycles. The van der Waals surface area contributed by atoms with Crippen LogP contribution in [-0.2, 0) is 15.0 Å². The molecule has 7 nitrogen and oxygen atoms in total. The Bertz CT molecular complexity index is 301.